The van der Waals surface area contributed by atoms with Crippen LogP contribution in [0.1, 0.15) is 41.4 Å². The maximum absolute atomic E-state index is 9.33. The van der Waals surface area contributed by atoms with E-state index in [9.17, 15) is 5.11 Å². The van der Waals surface area contributed by atoms with Crippen molar-refractivity contribution in [2.75, 3.05) is 0 Å². The van der Waals surface area contributed by atoms with E-state index in [1.54, 1.807) is 11.8 Å². The topological polar surface area (TPSA) is 50.9 Å². The highest BCUT2D eigenvalue weighted by molar-refractivity contribution is 7.98. The van der Waals surface area contributed by atoms with Crippen molar-refractivity contribution >= 4 is 11.8 Å². The molecule has 0 radical (unpaired) electrons. The molecule has 0 aliphatic carbocycles. The molecular weight excluding hydrogens is 282 g/mol. The van der Waals surface area contributed by atoms with E-state index < -0.39 is 0 Å². The van der Waals surface area contributed by atoms with E-state index in [4.69, 9.17) is 0 Å². The largest absolute Gasteiger partial charge is 0.388 e. The van der Waals surface area contributed by atoms with Gasteiger partial charge in [-0.15, -0.1) is 10.2 Å². The Morgan fingerprint density at radius 2 is 1.81 bits per heavy atom. The van der Waals surface area contributed by atoms with Gasteiger partial charge in [0.2, 0.25) is 0 Å². The van der Waals surface area contributed by atoms with Gasteiger partial charge in [-0.25, -0.2) is 0 Å². The zero-order chi connectivity index (χ0) is 15.4. The van der Waals surface area contributed by atoms with Crippen LogP contribution < -0.4 is 0 Å². The summed E-state index contributed by atoms with van der Waals surface area (Å²) in [5.41, 5.74) is 5.31. The number of hydrogen-bond donors (Lipinski definition) is 1. The number of aliphatic hydroxyl groups excluding tert-OH is 1. The lowest BCUT2D eigenvalue weighted by Gasteiger charge is -2.12. The van der Waals surface area contributed by atoms with Crippen molar-refractivity contribution in [1.29, 1.82) is 0 Å². The van der Waals surface area contributed by atoms with Gasteiger partial charge in [-0.1, -0.05) is 36.4 Å². The highest BCUT2D eigenvalue weighted by Crippen LogP contribution is 2.26. The minimum absolute atomic E-state index is 0.0594. The van der Waals surface area contributed by atoms with Crippen LogP contribution in [0.25, 0.3) is 0 Å². The molecule has 2 aromatic rings. The van der Waals surface area contributed by atoms with Crippen molar-refractivity contribution in [3.05, 3.63) is 40.2 Å². The fraction of sp³-hybridized carbons (Fsp3) is 0.500. The second kappa shape index (κ2) is 7.09. The first-order valence-corrected chi connectivity index (χ1v) is 8.27. The average molecular weight is 305 g/mol. The van der Waals surface area contributed by atoms with Crippen LogP contribution in [0.2, 0.25) is 0 Å². The van der Waals surface area contributed by atoms with E-state index in [2.05, 4.69) is 50.0 Å². The standard InChI is InChI=1S/C16H23N3OS/c1-5-6-19-15(9-20)17-18-16(19)21-10-14-12(3)7-11(2)8-13(14)4/h7-8,20H,5-6,9-10H2,1-4H3. The van der Waals surface area contributed by atoms with Gasteiger partial charge in [0.05, 0.1) is 0 Å². The van der Waals surface area contributed by atoms with E-state index in [0.717, 1.165) is 23.9 Å². The lowest BCUT2D eigenvalue weighted by Crippen LogP contribution is -2.05. The zero-order valence-corrected chi connectivity index (χ0v) is 14.0. The van der Waals surface area contributed by atoms with Crippen LogP contribution in [0.5, 0.6) is 0 Å². The lowest BCUT2D eigenvalue weighted by atomic mass is 10.0. The minimum Gasteiger partial charge on any atom is -0.388 e. The number of thioether (sulfide) groups is 1. The SMILES string of the molecule is CCCn1c(CO)nnc1SCc1c(C)cc(C)cc1C. The predicted octanol–water partition coefficient (Wildman–Crippen LogP) is 3.40. The first-order valence-electron chi connectivity index (χ1n) is 7.29. The van der Waals surface area contributed by atoms with E-state index in [1.165, 1.54) is 22.3 Å². The fourth-order valence-corrected chi connectivity index (χ4v) is 3.75. The molecule has 0 fully saturated rings. The summed E-state index contributed by atoms with van der Waals surface area (Å²) < 4.78 is 2.02. The third-order valence-corrected chi connectivity index (χ3v) is 4.56. The minimum atomic E-state index is -0.0594. The Morgan fingerprint density at radius 3 is 2.38 bits per heavy atom. The number of nitrogens with zero attached hydrogens (tertiary/aromatic N) is 3. The molecule has 4 nitrogen and oxygen atoms in total. The first-order chi connectivity index (χ1) is 10.1. The van der Waals surface area contributed by atoms with E-state index in [0.29, 0.717) is 5.82 Å². The number of rotatable bonds is 6. The Kier molecular flexibility index (Phi) is 5.42. The van der Waals surface area contributed by atoms with Crippen LogP contribution in [-0.2, 0) is 18.9 Å². The summed E-state index contributed by atoms with van der Waals surface area (Å²) in [6.45, 7) is 9.34. The third-order valence-electron chi connectivity index (χ3n) is 3.57. The Hall–Kier alpha value is -1.33. The molecule has 0 atom stereocenters. The van der Waals surface area contributed by atoms with Gasteiger partial charge in [0.25, 0.3) is 0 Å². The van der Waals surface area contributed by atoms with E-state index in [1.807, 2.05) is 4.57 Å². The fourth-order valence-electron chi connectivity index (χ4n) is 2.57. The van der Waals surface area contributed by atoms with Crippen LogP contribution in [0, 0.1) is 20.8 Å². The molecule has 0 saturated heterocycles. The molecule has 0 aliphatic heterocycles. The van der Waals surface area contributed by atoms with Gasteiger partial charge in [0, 0.05) is 12.3 Å². The molecule has 114 valence electrons. The van der Waals surface area contributed by atoms with Gasteiger partial charge in [-0.2, -0.15) is 0 Å². The van der Waals surface area contributed by atoms with Gasteiger partial charge in [-0.05, 0) is 43.9 Å². The Labute approximate surface area is 130 Å². The molecule has 2 rings (SSSR count). The van der Waals surface area contributed by atoms with Crippen molar-refractivity contribution in [3.63, 3.8) is 0 Å². The maximum Gasteiger partial charge on any atom is 0.191 e. The highest BCUT2D eigenvalue weighted by atomic mass is 32.2. The maximum atomic E-state index is 9.33. The van der Waals surface area contributed by atoms with Crippen molar-refractivity contribution in [2.45, 2.75) is 58.2 Å². The van der Waals surface area contributed by atoms with E-state index in [-0.39, 0.29) is 6.61 Å². The molecule has 1 aromatic heterocycles. The van der Waals surface area contributed by atoms with Crippen LogP contribution in [0.4, 0.5) is 0 Å². The Bertz CT molecular complexity index is 599. The smallest absolute Gasteiger partial charge is 0.191 e. The summed E-state index contributed by atoms with van der Waals surface area (Å²) in [6, 6.07) is 4.44. The van der Waals surface area contributed by atoms with Crippen LogP contribution in [0.15, 0.2) is 17.3 Å². The van der Waals surface area contributed by atoms with Crippen LogP contribution >= 0.6 is 11.8 Å². The molecule has 0 aliphatic rings. The van der Waals surface area contributed by atoms with Crippen molar-refractivity contribution < 1.29 is 5.11 Å². The Balaban J connectivity index is 2.19. The Morgan fingerprint density at radius 1 is 1.14 bits per heavy atom. The monoisotopic (exact) mass is 305 g/mol. The summed E-state index contributed by atoms with van der Waals surface area (Å²) in [7, 11) is 0. The summed E-state index contributed by atoms with van der Waals surface area (Å²) in [5, 5.41) is 18.5. The molecule has 0 amide bonds. The van der Waals surface area contributed by atoms with Crippen molar-refractivity contribution in [3.8, 4) is 0 Å². The molecule has 1 aromatic carbocycles. The molecule has 0 saturated carbocycles. The summed E-state index contributed by atoms with van der Waals surface area (Å²) in [6.07, 6.45) is 1.00. The highest BCUT2D eigenvalue weighted by Gasteiger charge is 2.12. The van der Waals surface area contributed by atoms with E-state index >= 15 is 0 Å². The molecule has 21 heavy (non-hydrogen) atoms. The first kappa shape index (κ1) is 16.0. The molecule has 1 heterocycles. The molecular formula is C16H23N3OS. The summed E-state index contributed by atoms with van der Waals surface area (Å²) >= 11 is 1.69. The van der Waals surface area contributed by atoms with Gasteiger partial charge in [0.1, 0.15) is 6.61 Å². The second-order valence-electron chi connectivity index (χ2n) is 5.37. The molecule has 0 spiro atoms. The average Bonchev–Trinajstić information content (AvgIpc) is 2.80. The number of hydrogen-bond acceptors (Lipinski definition) is 4. The number of aryl methyl sites for hydroxylation is 3. The van der Waals surface area contributed by atoms with Gasteiger partial charge >= 0.3 is 0 Å². The lowest BCUT2D eigenvalue weighted by molar-refractivity contribution is 0.263. The third kappa shape index (κ3) is 3.66. The molecule has 0 bridgehead atoms. The second-order valence-corrected chi connectivity index (χ2v) is 6.32. The van der Waals surface area contributed by atoms with Gasteiger partial charge < -0.3 is 9.67 Å². The van der Waals surface area contributed by atoms with Crippen LogP contribution in [0.3, 0.4) is 0 Å². The summed E-state index contributed by atoms with van der Waals surface area (Å²) in [4.78, 5) is 0. The predicted molar refractivity (Wildman–Crippen MR) is 86.4 cm³/mol. The normalized spacial score (nSPS) is 11.1. The quantitative estimate of drug-likeness (QED) is 0.831. The molecule has 1 N–H and O–H groups in total. The van der Waals surface area contributed by atoms with Crippen molar-refractivity contribution in [1.82, 2.24) is 14.8 Å². The zero-order valence-electron chi connectivity index (χ0n) is 13.2. The van der Waals surface area contributed by atoms with Crippen LogP contribution in [-0.4, -0.2) is 19.9 Å². The van der Waals surface area contributed by atoms with Crippen molar-refractivity contribution in [2.24, 2.45) is 0 Å². The summed E-state index contributed by atoms with van der Waals surface area (Å²) in [5.74, 6) is 1.53. The molecule has 0 unspecified atom stereocenters. The number of aromatic nitrogens is 3. The number of benzene rings is 1. The van der Waals surface area contributed by atoms with Gasteiger partial charge in [-0.3, -0.25) is 0 Å². The number of aliphatic hydroxyl groups is 1. The molecule has 5 heteroatoms. The van der Waals surface area contributed by atoms with Gasteiger partial charge in [0.15, 0.2) is 11.0 Å².